The highest BCUT2D eigenvalue weighted by atomic mass is 35.5. The van der Waals surface area contributed by atoms with Crippen molar-refractivity contribution in [3.05, 3.63) is 69.7 Å². The third-order valence-electron chi connectivity index (χ3n) is 3.55. The van der Waals surface area contributed by atoms with E-state index in [1.807, 2.05) is 0 Å². The molecule has 0 heterocycles. The molecule has 0 fully saturated rings. The number of benzene rings is 2. The molecular formula is C22H25Cl2N3O4. The average molecular weight is 466 g/mol. The molecule has 2 rings (SSSR count). The van der Waals surface area contributed by atoms with Crippen LogP contribution in [-0.2, 0) is 19.1 Å². The van der Waals surface area contributed by atoms with E-state index in [2.05, 4.69) is 5.43 Å². The molecule has 0 unspecified atom stereocenters. The number of nitrogens with one attached hydrogen (secondary N) is 1. The Morgan fingerprint density at radius 3 is 1.87 bits per heavy atom. The van der Waals surface area contributed by atoms with Gasteiger partial charge in [-0.25, -0.2) is 9.59 Å². The normalized spacial score (nSPS) is 10.5. The number of anilines is 2. The number of esters is 2. The minimum Gasteiger partial charge on any atom is -0.463 e. The molecule has 2 aromatic rings. The maximum atomic E-state index is 11.1. The third-order valence-corrected chi connectivity index (χ3v) is 4.24. The lowest BCUT2D eigenvalue weighted by atomic mass is 10.2. The molecule has 7 nitrogen and oxygen atoms in total. The first-order chi connectivity index (χ1) is 14.8. The van der Waals surface area contributed by atoms with Gasteiger partial charge in [-0.1, -0.05) is 23.2 Å². The molecule has 0 aliphatic carbocycles. The molecule has 0 amide bonds. The molecule has 0 atom stereocenters. The molecule has 0 saturated carbocycles. The van der Waals surface area contributed by atoms with Gasteiger partial charge in [-0.05, 0) is 73.5 Å². The van der Waals surface area contributed by atoms with E-state index >= 15 is 0 Å². The lowest BCUT2D eigenvalue weighted by Crippen LogP contribution is -2.06. The second-order valence-corrected chi connectivity index (χ2v) is 6.65. The summed E-state index contributed by atoms with van der Waals surface area (Å²) in [5.41, 5.74) is 10.8. The Kier molecular flexibility index (Phi) is 11.8. The van der Waals surface area contributed by atoms with Crippen molar-refractivity contribution in [1.29, 1.82) is 0 Å². The van der Waals surface area contributed by atoms with Gasteiger partial charge >= 0.3 is 11.9 Å². The van der Waals surface area contributed by atoms with Gasteiger partial charge in [0.1, 0.15) is 0 Å². The monoisotopic (exact) mass is 465 g/mol. The lowest BCUT2D eigenvalue weighted by Gasteiger charge is -2.03. The summed E-state index contributed by atoms with van der Waals surface area (Å²) in [4.78, 5) is 22.1. The van der Waals surface area contributed by atoms with Crippen molar-refractivity contribution in [3.8, 4) is 0 Å². The van der Waals surface area contributed by atoms with Crippen LogP contribution in [0.15, 0.2) is 48.6 Å². The van der Waals surface area contributed by atoms with E-state index in [-0.39, 0.29) is 0 Å². The van der Waals surface area contributed by atoms with Crippen molar-refractivity contribution in [2.75, 3.05) is 24.4 Å². The Labute approximate surface area is 191 Å². The van der Waals surface area contributed by atoms with Gasteiger partial charge in [-0.3, -0.25) is 5.84 Å². The minimum atomic E-state index is -0.398. The first-order valence-corrected chi connectivity index (χ1v) is 10.1. The van der Waals surface area contributed by atoms with Gasteiger partial charge in [0.25, 0.3) is 0 Å². The number of nitrogen functional groups attached to an aromatic ring is 2. The number of hydrogen-bond acceptors (Lipinski definition) is 7. The summed E-state index contributed by atoms with van der Waals surface area (Å²) in [7, 11) is 0. The summed E-state index contributed by atoms with van der Waals surface area (Å²) in [5.74, 6) is 4.47. The third kappa shape index (κ3) is 10.0. The van der Waals surface area contributed by atoms with Crippen LogP contribution in [0.4, 0.5) is 11.4 Å². The summed E-state index contributed by atoms with van der Waals surface area (Å²) in [6.07, 6.45) is 5.81. The summed E-state index contributed by atoms with van der Waals surface area (Å²) < 4.78 is 9.48. The number of carbonyl (C=O) groups excluding carboxylic acids is 2. The number of carbonyl (C=O) groups is 2. The van der Waals surface area contributed by atoms with Crippen LogP contribution in [0.25, 0.3) is 12.2 Å². The lowest BCUT2D eigenvalue weighted by molar-refractivity contribution is -0.138. The van der Waals surface area contributed by atoms with Crippen LogP contribution in [0.3, 0.4) is 0 Å². The predicted molar refractivity (Wildman–Crippen MR) is 126 cm³/mol. The molecule has 0 radical (unpaired) electrons. The first kappa shape index (κ1) is 26.0. The van der Waals surface area contributed by atoms with Crippen molar-refractivity contribution in [3.63, 3.8) is 0 Å². The van der Waals surface area contributed by atoms with E-state index in [0.29, 0.717) is 45.8 Å². The van der Waals surface area contributed by atoms with Crippen molar-refractivity contribution < 1.29 is 19.1 Å². The molecule has 5 N–H and O–H groups in total. The van der Waals surface area contributed by atoms with Crippen molar-refractivity contribution in [1.82, 2.24) is 0 Å². The standard InChI is InChI=1S/C11H13ClN2O2.C11H12ClNO2/c1-2-16-11(15)6-3-8-7-9(14-13)4-5-10(8)12;1-2-15-11(14)6-3-8-7-9(13)4-5-10(8)12/h3-7,14H,2,13H2,1H3;3-7H,2,13H2,1H3/b2*6-3+. The molecule has 9 heteroatoms. The molecule has 166 valence electrons. The Morgan fingerprint density at radius 2 is 1.39 bits per heavy atom. The molecule has 2 aromatic carbocycles. The van der Waals surface area contributed by atoms with Gasteiger partial charge in [0, 0.05) is 33.6 Å². The molecule has 31 heavy (non-hydrogen) atoms. The van der Waals surface area contributed by atoms with Crippen LogP contribution < -0.4 is 17.0 Å². The van der Waals surface area contributed by atoms with E-state index in [1.165, 1.54) is 12.2 Å². The van der Waals surface area contributed by atoms with E-state index in [9.17, 15) is 9.59 Å². The fourth-order valence-electron chi connectivity index (χ4n) is 2.15. The van der Waals surface area contributed by atoms with E-state index in [4.69, 9.17) is 44.3 Å². The first-order valence-electron chi connectivity index (χ1n) is 9.31. The number of rotatable bonds is 7. The Balaban J connectivity index is 0.000000311. The maximum Gasteiger partial charge on any atom is 0.330 e. The number of hydrazine groups is 1. The average Bonchev–Trinajstić information content (AvgIpc) is 2.74. The van der Waals surface area contributed by atoms with Gasteiger partial charge in [-0.2, -0.15) is 0 Å². The zero-order valence-electron chi connectivity index (χ0n) is 17.2. The SMILES string of the molecule is CCOC(=O)/C=C/c1cc(N)ccc1Cl.CCOC(=O)/C=C/c1cc(NN)ccc1Cl. The second kappa shape index (κ2) is 14.1. The van der Waals surface area contributed by atoms with Crippen LogP contribution in [0, 0.1) is 0 Å². The van der Waals surface area contributed by atoms with E-state index in [1.54, 1.807) is 62.4 Å². The van der Waals surface area contributed by atoms with Gasteiger partial charge < -0.3 is 20.6 Å². The Hall–Kier alpha value is -3.00. The Bertz CT molecular complexity index is 946. The molecular weight excluding hydrogens is 441 g/mol. The zero-order chi connectivity index (χ0) is 23.2. The van der Waals surface area contributed by atoms with Crippen LogP contribution in [-0.4, -0.2) is 25.2 Å². The van der Waals surface area contributed by atoms with E-state index in [0.717, 1.165) is 0 Å². The van der Waals surface area contributed by atoms with Crippen molar-refractivity contribution in [2.24, 2.45) is 5.84 Å². The van der Waals surface area contributed by atoms with Crippen molar-refractivity contribution >= 4 is 58.7 Å². The summed E-state index contributed by atoms with van der Waals surface area (Å²) in [5, 5.41) is 1.09. The summed E-state index contributed by atoms with van der Waals surface area (Å²) in [6.45, 7) is 4.20. The maximum absolute atomic E-state index is 11.1. The number of ether oxygens (including phenoxy) is 2. The van der Waals surface area contributed by atoms with Crippen LogP contribution >= 0.6 is 23.2 Å². The fourth-order valence-corrected chi connectivity index (χ4v) is 2.51. The van der Waals surface area contributed by atoms with Gasteiger partial charge in [0.05, 0.1) is 13.2 Å². The summed E-state index contributed by atoms with van der Waals surface area (Å²) in [6, 6.07) is 10.2. The molecule has 0 spiro atoms. The highest BCUT2D eigenvalue weighted by Gasteiger charge is 2.00. The minimum absolute atomic E-state index is 0.349. The predicted octanol–water partition coefficient (Wildman–Crippen LogP) is 4.70. The van der Waals surface area contributed by atoms with Gasteiger partial charge in [-0.15, -0.1) is 0 Å². The molecule has 0 aliphatic rings. The number of hydrogen-bond donors (Lipinski definition) is 3. The van der Waals surface area contributed by atoms with Gasteiger partial charge in [0.2, 0.25) is 0 Å². The van der Waals surface area contributed by atoms with Crippen LogP contribution in [0.5, 0.6) is 0 Å². The smallest absolute Gasteiger partial charge is 0.330 e. The molecule has 0 saturated heterocycles. The zero-order valence-corrected chi connectivity index (χ0v) is 18.7. The van der Waals surface area contributed by atoms with Crippen LogP contribution in [0.2, 0.25) is 10.0 Å². The highest BCUT2D eigenvalue weighted by molar-refractivity contribution is 6.32. The quantitative estimate of drug-likeness (QED) is 0.178. The number of nitrogens with two attached hydrogens (primary N) is 2. The largest absolute Gasteiger partial charge is 0.463 e. The van der Waals surface area contributed by atoms with Crippen molar-refractivity contribution in [2.45, 2.75) is 13.8 Å². The topological polar surface area (TPSA) is 117 Å². The molecule has 0 aromatic heterocycles. The summed E-state index contributed by atoms with van der Waals surface area (Å²) >= 11 is 11.8. The number of halogens is 2. The second-order valence-electron chi connectivity index (χ2n) is 5.83. The molecule has 0 aliphatic heterocycles. The molecule has 0 bridgehead atoms. The van der Waals surface area contributed by atoms with E-state index < -0.39 is 11.9 Å². The Morgan fingerprint density at radius 1 is 0.903 bits per heavy atom. The fraction of sp³-hybridized carbons (Fsp3) is 0.182. The van der Waals surface area contributed by atoms with Crippen LogP contribution in [0.1, 0.15) is 25.0 Å². The highest BCUT2D eigenvalue weighted by Crippen LogP contribution is 2.21. The van der Waals surface area contributed by atoms with Gasteiger partial charge in [0.15, 0.2) is 0 Å².